The van der Waals surface area contributed by atoms with Crippen LogP contribution in [0.5, 0.6) is 0 Å². The van der Waals surface area contributed by atoms with E-state index in [9.17, 15) is 0 Å². The molecule has 0 saturated carbocycles. The molecule has 3 rings (SSSR count). The maximum atomic E-state index is 6.39. The first-order chi connectivity index (χ1) is 9.74. The Morgan fingerprint density at radius 3 is 2.80 bits per heavy atom. The van der Waals surface area contributed by atoms with Gasteiger partial charge < -0.3 is 15.8 Å². The van der Waals surface area contributed by atoms with E-state index in [-0.39, 0.29) is 6.04 Å². The number of nitrogens with one attached hydrogen (secondary N) is 1. The van der Waals surface area contributed by atoms with E-state index in [2.05, 4.69) is 36.5 Å². The fourth-order valence-corrected chi connectivity index (χ4v) is 3.70. The number of hydrogen-bond acceptors (Lipinski definition) is 3. The van der Waals surface area contributed by atoms with Gasteiger partial charge in [0.2, 0.25) is 0 Å². The average Bonchev–Trinajstić information content (AvgIpc) is 2.77. The van der Waals surface area contributed by atoms with Crippen molar-refractivity contribution in [2.75, 3.05) is 13.2 Å². The molecule has 1 aliphatic heterocycles. The van der Waals surface area contributed by atoms with Gasteiger partial charge in [-0.25, -0.2) is 0 Å². The van der Waals surface area contributed by atoms with Crippen LogP contribution in [0.15, 0.2) is 24.3 Å². The van der Waals surface area contributed by atoms with Crippen LogP contribution in [0.1, 0.15) is 43.4 Å². The summed E-state index contributed by atoms with van der Waals surface area (Å²) in [4.78, 5) is 0. The van der Waals surface area contributed by atoms with Crippen molar-refractivity contribution in [2.45, 2.75) is 50.7 Å². The first-order valence-electron chi connectivity index (χ1n) is 7.91. The van der Waals surface area contributed by atoms with E-state index in [1.54, 1.807) is 0 Å². The Hall–Kier alpha value is -0.900. The third-order valence-corrected chi connectivity index (χ3v) is 4.81. The minimum absolute atomic E-state index is 0.142. The van der Waals surface area contributed by atoms with Gasteiger partial charge in [0.1, 0.15) is 0 Å². The van der Waals surface area contributed by atoms with Gasteiger partial charge in [-0.05, 0) is 49.7 Å². The summed E-state index contributed by atoms with van der Waals surface area (Å²) in [6.45, 7) is 4.17. The van der Waals surface area contributed by atoms with Crippen LogP contribution in [0.25, 0.3) is 0 Å². The van der Waals surface area contributed by atoms with Crippen LogP contribution in [0.2, 0.25) is 0 Å². The molecule has 20 heavy (non-hydrogen) atoms. The maximum Gasteiger partial charge on any atom is 0.0468 e. The molecule has 1 fully saturated rings. The van der Waals surface area contributed by atoms with Crippen LogP contribution in [0.3, 0.4) is 0 Å². The highest BCUT2D eigenvalue weighted by Gasteiger charge is 2.30. The van der Waals surface area contributed by atoms with Crippen molar-refractivity contribution in [2.24, 2.45) is 11.7 Å². The average molecular weight is 274 g/mol. The van der Waals surface area contributed by atoms with Crippen LogP contribution >= 0.6 is 0 Å². The van der Waals surface area contributed by atoms with Crippen LogP contribution in [0, 0.1) is 5.92 Å². The zero-order chi connectivity index (χ0) is 13.9. The maximum absolute atomic E-state index is 6.39. The van der Waals surface area contributed by atoms with Crippen molar-refractivity contribution >= 4 is 0 Å². The molecule has 1 unspecified atom stereocenters. The summed E-state index contributed by atoms with van der Waals surface area (Å²) in [6, 6.07) is 9.64. The fraction of sp³-hybridized carbons (Fsp3) is 0.647. The molecule has 1 aromatic rings. The van der Waals surface area contributed by atoms with Crippen molar-refractivity contribution in [1.29, 1.82) is 0 Å². The summed E-state index contributed by atoms with van der Waals surface area (Å²) in [5.74, 6) is 0.811. The highest BCUT2D eigenvalue weighted by Crippen LogP contribution is 2.30. The van der Waals surface area contributed by atoms with Gasteiger partial charge in [0, 0.05) is 31.3 Å². The standard InChI is InChI=1S/C17H26N2O/c1-12(10-13-6-8-20-9-7-13)19-16-11-14-4-2-3-5-15(14)17(16)18/h2-5,12-13,16-17,19H,6-11,18H2,1H3/t12?,16-,17-/m1/s1. The summed E-state index contributed by atoms with van der Waals surface area (Å²) < 4.78 is 5.43. The molecule has 0 aromatic heterocycles. The lowest BCUT2D eigenvalue weighted by Crippen LogP contribution is -2.43. The van der Waals surface area contributed by atoms with Crippen molar-refractivity contribution in [3.8, 4) is 0 Å². The molecule has 110 valence electrons. The third kappa shape index (κ3) is 3.05. The first kappa shape index (κ1) is 14.1. The molecular weight excluding hydrogens is 248 g/mol. The van der Waals surface area contributed by atoms with E-state index in [1.165, 1.54) is 30.4 Å². The van der Waals surface area contributed by atoms with Gasteiger partial charge in [-0.1, -0.05) is 24.3 Å². The lowest BCUT2D eigenvalue weighted by Gasteiger charge is -2.28. The summed E-state index contributed by atoms with van der Waals surface area (Å²) in [7, 11) is 0. The van der Waals surface area contributed by atoms with Crippen molar-refractivity contribution in [1.82, 2.24) is 5.32 Å². The van der Waals surface area contributed by atoms with Crippen LogP contribution in [0.4, 0.5) is 0 Å². The minimum atomic E-state index is 0.142. The Morgan fingerprint density at radius 2 is 2.05 bits per heavy atom. The Balaban J connectivity index is 1.53. The normalized spacial score (nSPS) is 28.3. The minimum Gasteiger partial charge on any atom is -0.381 e. The lowest BCUT2D eigenvalue weighted by molar-refractivity contribution is 0.0606. The molecule has 0 amide bonds. The summed E-state index contributed by atoms with van der Waals surface area (Å²) in [5, 5.41) is 3.76. The summed E-state index contributed by atoms with van der Waals surface area (Å²) >= 11 is 0. The number of rotatable bonds is 4. The molecule has 3 heteroatoms. The SMILES string of the molecule is CC(CC1CCOCC1)N[C@@H]1Cc2ccccc2[C@H]1N. The van der Waals surface area contributed by atoms with Gasteiger partial charge in [-0.15, -0.1) is 0 Å². The quantitative estimate of drug-likeness (QED) is 0.886. The third-order valence-electron chi connectivity index (χ3n) is 4.81. The monoisotopic (exact) mass is 274 g/mol. The first-order valence-corrected chi connectivity index (χ1v) is 7.91. The van der Waals surface area contributed by atoms with E-state index >= 15 is 0 Å². The van der Waals surface area contributed by atoms with Crippen LogP contribution < -0.4 is 11.1 Å². The predicted molar refractivity (Wildman–Crippen MR) is 81.6 cm³/mol. The highest BCUT2D eigenvalue weighted by molar-refractivity contribution is 5.36. The molecule has 2 aliphatic rings. The van der Waals surface area contributed by atoms with E-state index < -0.39 is 0 Å². The van der Waals surface area contributed by atoms with Gasteiger partial charge in [0.05, 0.1) is 0 Å². The predicted octanol–water partition coefficient (Wildman–Crippen LogP) is 2.41. The number of ether oxygens (including phenoxy) is 1. The molecule has 1 saturated heterocycles. The molecular formula is C17H26N2O. The number of fused-ring (bicyclic) bond motifs is 1. The van der Waals surface area contributed by atoms with Crippen molar-refractivity contribution in [3.05, 3.63) is 35.4 Å². The second-order valence-electron chi connectivity index (χ2n) is 6.39. The second kappa shape index (κ2) is 6.25. The molecule has 0 spiro atoms. The van der Waals surface area contributed by atoms with E-state index in [0.29, 0.717) is 12.1 Å². The van der Waals surface area contributed by atoms with Crippen LogP contribution in [-0.2, 0) is 11.2 Å². The summed E-state index contributed by atoms with van der Waals surface area (Å²) in [6.07, 6.45) is 4.73. The number of benzene rings is 1. The molecule has 3 N–H and O–H groups in total. The fourth-order valence-electron chi connectivity index (χ4n) is 3.70. The Bertz CT molecular complexity index is 442. The molecule has 0 bridgehead atoms. The van der Waals surface area contributed by atoms with Gasteiger partial charge >= 0.3 is 0 Å². The molecule has 3 nitrogen and oxygen atoms in total. The van der Waals surface area contributed by atoms with Gasteiger partial charge in [-0.2, -0.15) is 0 Å². The molecule has 1 heterocycles. The molecule has 0 radical (unpaired) electrons. The van der Waals surface area contributed by atoms with Gasteiger partial charge in [0.25, 0.3) is 0 Å². The highest BCUT2D eigenvalue weighted by atomic mass is 16.5. The topological polar surface area (TPSA) is 47.3 Å². The van der Waals surface area contributed by atoms with E-state index in [4.69, 9.17) is 10.5 Å². The molecule has 1 aromatic carbocycles. The van der Waals surface area contributed by atoms with Gasteiger partial charge in [-0.3, -0.25) is 0 Å². The largest absolute Gasteiger partial charge is 0.381 e. The zero-order valence-corrected chi connectivity index (χ0v) is 12.3. The number of nitrogens with two attached hydrogens (primary N) is 1. The Morgan fingerprint density at radius 1 is 1.30 bits per heavy atom. The lowest BCUT2D eigenvalue weighted by atomic mass is 9.92. The molecule has 1 aliphatic carbocycles. The van der Waals surface area contributed by atoms with E-state index in [0.717, 1.165) is 25.6 Å². The van der Waals surface area contributed by atoms with Crippen molar-refractivity contribution < 1.29 is 4.74 Å². The summed E-state index contributed by atoms with van der Waals surface area (Å²) in [5.41, 5.74) is 9.12. The van der Waals surface area contributed by atoms with E-state index in [1.807, 2.05) is 0 Å². The Labute approximate surface area is 121 Å². The molecule has 3 atom stereocenters. The zero-order valence-electron chi connectivity index (χ0n) is 12.3. The van der Waals surface area contributed by atoms with Gasteiger partial charge in [0.15, 0.2) is 0 Å². The van der Waals surface area contributed by atoms with Crippen LogP contribution in [-0.4, -0.2) is 25.3 Å². The number of hydrogen-bond donors (Lipinski definition) is 2. The van der Waals surface area contributed by atoms with Crippen molar-refractivity contribution in [3.63, 3.8) is 0 Å². The second-order valence-corrected chi connectivity index (χ2v) is 6.39. The Kier molecular flexibility index (Phi) is 4.39. The smallest absolute Gasteiger partial charge is 0.0468 e.